The summed E-state index contributed by atoms with van der Waals surface area (Å²) in [5, 5.41) is 30.0. The molecule has 0 bridgehead atoms. The highest BCUT2D eigenvalue weighted by atomic mass is 32.3. The van der Waals surface area contributed by atoms with Crippen molar-refractivity contribution in [3.05, 3.63) is 0 Å². The highest BCUT2D eigenvalue weighted by molar-refractivity contribution is 7.80. The van der Waals surface area contributed by atoms with Crippen LogP contribution in [-0.4, -0.2) is 65.9 Å². The van der Waals surface area contributed by atoms with Crippen molar-refractivity contribution in [3.8, 4) is 0 Å². The first-order chi connectivity index (χ1) is 21.8. The summed E-state index contributed by atoms with van der Waals surface area (Å²) in [5.74, 6) is 0. The van der Waals surface area contributed by atoms with Crippen molar-refractivity contribution in [2.45, 2.75) is 218 Å². The van der Waals surface area contributed by atoms with E-state index in [9.17, 15) is 28.3 Å². The van der Waals surface area contributed by atoms with Crippen LogP contribution in [0.15, 0.2) is 0 Å². The van der Waals surface area contributed by atoms with Gasteiger partial charge in [-0.3, -0.25) is 4.55 Å². The van der Waals surface area contributed by atoms with Gasteiger partial charge in [0, 0.05) is 0 Å². The molecule has 45 heavy (non-hydrogen) atoms. The third-order valence-corrected chi connectivity index (χ3v) is 9.48. The van der Waals surface area contributed by atoms with Gasteiger partial charge < -0.3 is 20.1 Å². The number of aliphatic hydroxyl groups is 3. The Kier molecular flexibility index (Phi) is 32.1. The van der Waals surface area contributed by atoms with Gasteiger partial charge in [0.15, 0.2) is 0 Å². The number of aliphatic hydroxyl groups excluding tert-OH is 3. The molecule has 4 N–H and O–H groups in total. The number of ether oxygens (including phenoxy) is 1. The standard InChI is InChI=1S/C36H74O8S/c1-3-5-7-9-11-13-15-17-19-21-23-25-27-29-34(33(39)31-37)43-35(36(32-38)44-45(40,41)42)30-28-26-24-22-20-18-16-14-12-10-8-6-4-2/h33-39H,3-32H2,1-2H3,(H,40,41,42). The van der Waals surface area contributed by atoms with Gasteiger partial charge >= 0.3 is 10.4 Å². The van der Waals surface area contributed by atoms with E-state index in [1.165, 1.54) is 122 Å². The van der Waals surface area contributed by atoms with Crippen molar-refractivity contribution in [1.29, 1.82) is 0 Å². The molecule has 0 aliphatic rings. The van der Waals surface area contributed by atoms with Crippen molar-refractivity contribution in [2.75, 3.05) is 13.2 Å². The lowest BCUT2D eigenvalue weighted by molar-refractivity contribution is -0.132. The molecule has 272 valence electrons. The highest BCUT2D eigenvalue weighted by Gasteiger charge is 2.31. The second-order valence-electron chi connectivity index (χ2n) is 13.3. The SMILES string of the molecule is CCCCCCCCCCCCCCCC(OC(CCCCCCCCCCCCCCC)C(CO)OS(=O)(=O)O)C(O)CO. The monoisotopic (exact) mass is 667 g/mol. The van der Waals surface area contributed by atoms with Crippen molar-refractivity contribution in [3.63, 3.8) is 0 Å². The molecule has 0 amide bonds. The van der Waals surface area contributed by atoms with E-state index in [0.29, 0.717) is 12.8 Å². The third kappa shape index (κ3) is 29.6. The maximum Gasteiger partial charge on any atom is 0.397 e. The first-order valence-electron chi connectivity index (χ1n) is 19.0. The van der Waals surface area contributed by atoms with Gasteiger partial charge in [0.05, 0.1) is 25.4 Å². The molecule has 0 spiro atoms. The van der Waals surface area contributed by atoms with E-state index < -0.39 is 48.0 Å². The fourth-order valence-corrected chi connectivity index (χ4v) is 6.62. The van der Waals surface area contributed by atoms with E-state index in [-0.39, 0.29) is 0 Å². The van der Waals surface area contributed by atoms with Crippen molar-refractivity contribution >= 4 is 10.4 Å². The van der Waals surface area contributed by atoms with Crippen LogP contribution in [-0.2, 0) is 19.3 Å². The van der Waals surface area contributed by atoms with Gasteiger partial charge in [-0.15, -0.1) is 0 Å². The molecule has 0 aliphatic carbocycles. The van der Waals surface area contributed by atoms with Gasteiger partial charge in [0.25, 0.3) is 0 Å². The molecule has 0 aromatic carbocycles. The maximum absolute atomic E-state index is 11.5. The summed E-state index contributed by atoms with van der Waals surface area (Å²) in [6.07, 6.45) is 28.6. The molecule has 9 heteroatoms. The predicted octanol–water partition coefficient (Wildman–Crippen LogP) is 9.24. The fourth-order valence-electron chi connectivity index (χ4n) is 6.13. The average Bonchev–Trinajstić information content (AvgIpc) is 3.02. The Morgan fingerprint density at radius 1 is 0.467 bits per heavy atom. The van der Waals surface area contributed by atoms with Gasteiger partial charge in [-0.25, -0.2) is 4.18 Å². The summed E-state index contributed by atoms with van der Waals surface area (Å²) < 4.78 is 43.1. The summed E-state index contributed by atoms with van der Waals surface area (Å²) in [6.45, 7) is 3.36. The van der Waals surface area contributed by atoms with Gasteiger partial charge in [-0.05, 0) is 12.8 Å². The summed E-state index contributed by atoms with van der Waals surface area (Å²) >= 11 is 0. The minimum Gasteiger partial charge on any atom is -0.394 e. The first kappa shape index (κ1) is 44.7. The Morgan fingerprint density at radius 3 is 1.07 bits per heavy atom. The molecule has 0 saturated carbocycles. The number of rotatable bonds is 36. The van der Waals surface area contributed by atoms with Crippen LogP contribution >= 0.6 is 0 Å². The van der Waals surface area contributed by atoms with Crippen molar-refractivity contribution < 1.29 is 37.2 Å². The number of unbranched alkanes of at least 4 members (excludes halogenated alkanes) is 24. The molecule has 0 aromatic heterocycles. The second kappa shape index (κ2) is 32.3. The lowest BCUT2D eigenvalue weighted by Gasteiger charge is -2.31. The molecule has 4 unspecified atom stereocenters. The van der Waals surface area contributed by atoms with E-state index in [4.69, 9.17) is 8.92 Å². The Balaban J connectivity index is 4.51. The molecule has 4 atom stereocenters. The van der Waals surface area contributed by atoms with Gasteiger partial charge in [0.1, 0.15) is 12.2 Å². The Labute approximate surface area is 278 Å². The normalized spacial score (nSPS) is 14.9. The molecule has 0 rings (SSSR count). The zero-order chi connectivity index (χ0) is 33.4. The highest BCUT2D eigenvalue weighted by Crippen LogP contribution is 2.22. The van der Waals surface area contributed by atoms with E-state index in [2.05, 4.69) is 13.8 Å². The Bertz CT molecular complexity index is 705. The number of hydrogen-bond donors (Lipinski definition) is 4. The number of hydrogen-bond acceptors (Lipinski definition) is 7. The molecule has 0 fully saturated rings. The van der Waals surface area contributed by atoms with Crippen molar-refractivity contribution in [2.24, 2.45) is 0 Å². The minimum absolute atomic E-state index is 0.422. The predicted molar refractivity (Wildman–Crippen MR) is 186 cm³/mol. The van der Waals surface area contributed by atoms with Crippen LogP contribution in [0.3, 0.4) is 0 Å². The topological polar surface area (TPSA) is 134 Å². The Hall–Kier alpha value is -0.290. The van der Waals surface area contributed by atoms with Crippen LogP contribution in [0.4, 0.5) is 0 Å². The Morgan fingerprint density at radius 2 is 0.778 bits per heavy atom. The molecule has 0 radical (unpaired) electrons. The van der Waals surface area contributed by atoms with Gasteiger partial charge in [-0.2, -0.15) is 8.42 Å². The molecular formula is C36H74O8S. The third-order valence-electron chi connectivity index (χ3n) is 8.99. The summed E-state index contributed by atoms with van der Waals surface area (Å²) in [6, 6.07) is 0. The smallest absolute Gasteiger partial charge is 0.394 e. The van der Waals surface area contributed by atoms with Crippen LogP contribution in [0, 0.1) is 0 Å². The molecule has 0 aromatic rings. The van der Waals surface area contributed by atoms with E-state index in [0.717, 1.165) is 44.9 Å². The van der Waals surface area contributed by atoms with Crippen LogP contribution in [0.2, 0.25) is 0 Å². The zero-order valence-corrected chi connectivity index (χ0v) is 30.2. The lowest BCUT2D eigenvalue weighted by Crippen LogP contribution is -2.43. The molecular weight excluding hydrogens is 592 g/mol. The van der Waals surface area contributed by atoms with Crippen molar-refractivity contribution in [1.82, 2.24) is 0 Å². The summed E-state index contributed by atoms with van der Waals surface area (Å²) in [7, 11) is -4.79. The zero-order valence-electron chi connectivity index (χ0n) is 29.4. The maximum atomic E-state index is 11.5. The first-order valence-corrected chi connectivity index (χ1v) is 20.4. The quantitative estimate of drug-likeness (QED) is 0.0384. The lowest BCUT2D eigenvalue weighted by atomic mass is 10.0. The van der Waals surface area contributed by atoms with Crippen LogP contribution in [0.25, 0.3) is 0 Å². The van der Waals surface area contributed by atoms with E-state index >= 15 is 0 Å². The van der Waals surface area contributed by atoms with Gasteiger partial charge in [0.2, 0.25) is 0 Å². The average molecular weight is 667 g/mol. The second-order valence-corrected chi connectivity index (χ2v) is 14.3. The van der Waals surface area contributed by atoms with E-state index in [1.807, 2.05) is 0 Å². The van der Waals surface area contributed by atoms with Crippen LogP contribution in [0.5, 0.6) is 0 Å². The van der Waals surface area contributed by atoms with Crippen LogP contribution in [0.1, 0.15) is 194 Å². The van der Waals surface area contributed by atoms with Gasteiger partial charge in [-0.1, -0.05) is 181 Å². The van der Waals surface area contributed by atoms with E-state index in [1.54, 1.807) is 0 Å². The largest absolute Gasteiger partial charge is 0.397 e. The fraction of sp³-hybridized carbons (Fsp3) is 1.00. The van der Waals surface area contributed by atoms with Crippen LogP contribution < -0.4 is 0 Å². The minimum atomic E-state index is -4.79. The molecule has 8 nitrogen and oxygen atoms in total. The molecule has 0 aliphatic heterocycles. The molecule has 0 heterocycles. The molecule has 0 saturated heterocycles. The summed E-state index contributed by atoms with van der Waals surface area (Å²) in [4.78, 5) is 0. The summed E-state index contributed by atoms with van der Waals surface area (Å²) in [5.41, 5.74) is 0.